The second kappa shape index (κ2) is 6.98. The standard InChI is InChI=1S/C12H17NO8/c14-4-8-9(15)10(16)11(17)12(21-8)19-5-7-2-1-6(20-7)3-13-18/h1-3,8-12,14-18H,4-5H2/t8-,9-,10+,11-,12-/m1/s1. The fourth-order valence-corrected chi connectivity index (χ4v) is 1.97. The van der Waals surface area contributed by atoms with E-state index >= 15 is 0 Å². The van der Waals surface area contributed by atoms with E-state index in [2.05, 4.69) is 5.16 Å². The molecule has 5 N–H and O–H groups in total. The van der Waals surface area contributed by atoms with Crippen LogP contribution in [0.5, 0.6) is 0 Å². The summed E-state index contributed by atoms with van der Waals surface area (Å²) in [5, 5.41) is 49.2. The summed E-state index contributed by atoms with van der Waals surface area (Å²) in [4.78, 5) is 0. The summed E-state index contributed by atoms with van der Waals surface area (Å²) in [6, 6.07) is 3.12. The molecule has 1 aromatic heterocycles. The zero-order chi connectivity index (χ0) is 15.4. The zero-order valence-electron chi connectivity index (χ0n) is 10.9. The van der Waals surface area contributed by atoms with Crippen LogP contribution < -0.4 is 0 Å². The number of oxime groups is 1. The van der Waals surface area contributed by atoms with Gasteiger partial charge in [0.15, 0.2) is 6.29 Å². The van der Waals surface area contributed by atoms with Gasteiger partial charge in [-0.3, -0.25) is 0 Å². The van der Waals surface area contributed by atoms with Gasteiger partial charge in [-0.15, -0.1) is 0 Å². The molecule has 1 saturated heterocycles. The predicted molar refractivity (Wildman–Crippen MR) is 66.6 cm³/mol. The van der Waals surface area contributed by atoms with Crippen molar-refractivity contribution in [1.29, 1.82) is 0 Å². The Hall–Kier alpha value is -1.49. The molecule has 1 aliphatic heterocycles. The molecule has 0 saturated carbocycles. The summed E-state index contributed by atoms with van der Waals surface area (Å²) in [5.41, 5.74) is 0. The molecule has 0 aromatic carbocycles. The Kier molecular flexibility index (Phi) is 5.28. The van der Waals surface area contributed by atoms with Gasteiger partial charge in [0.05, 0.1) is 6.61 Å². The summed E-state index contributed by atoms with van der Waals surface area (Å²) in [5.74, 6) is 0.687. The maximum Gasteiger partial charge on any atom is 0.187 e. The lowest BCUT2D eigenvalue weighted by atomic mass is 9.99. The van der Waals surface area contributed by atoms with E-state index in [4.69, 9.17) is 24.2 Å². The van der Waals surface area contributed by atoms with E-state index in [9.17, 15) is 15.3 Å². The first-order valence-corrected chi connectivity index (χ1v) is 6.25. The van der Waals surface area contributed by atoms with Crippen LogP contribution in [0.2, 0.25) is 0 Å². The first-order valence-electron chi connectivity index (χ1n) is 6.25. The number of aliphatic hydroxyl groups is 4. The van der Waals surface area contributed by atoms with Crippen LogP contribution in [0.1, 0.15) is 11.5 Å². The Morgan fingerprint density at radius 2 is 1.95 bits per heavy atom. The van der Waals surface area contributed by atoms with Crippen molar-refractivity contribution in [3.63, 3.8) is 0 Å². The van der Waals surface area contributed by atoms with Crippen LogP contribution >= 0.6 is 0 Å². The average Bonchev–Trinajstić information content (AvgIpc) is 2.92. The Morgan fingerprint density at radius 1 is 1.19 bits per heavy atom. The third-order valence-corrected chi connectivity index (χ3v) is 3.11. The van der Waals surface area contributed by atoms with Crippen LogP contribution in [-0.4, -0.2) is 69.2 Å². The lowest BCUT2D eigenvalue weighted by molar-refractivity contribution is -0.304. The summed E-state index contributed by atoms with van der Waals surface area (Å²) in [6.45, 7) is -0.607. The van der Waals surface area contributed by atoms with Gasteiger partial charge >= 0.3 is 0 Å². The molecule has 21 heavy (non-hydrogen) atoms. The van der Waals surface area contributed by atoms with E-state index in [1.54, 1.807) is 12.1 Å². The first-order chi connectivity index (χ1) is 10.1. The van der Waals surface area contributed by atoms with Gasteiger partial charge in [0.25, 0.3) is 0 Å². The predicted octanol–water partition coefficient (Wildman–Crippen LogP) is -1.60. The highest BCUT2D eigenvalue weighted by atomic mass is 16.7. The van der Waals surface area contributed by atoms with Crippen LogP contribution in [0.15, 0.2) is 21.7 Å². The van der Waals surface area contributed by atoms with E-state index in [0.717, 1.165) is 6.21 Å². The van der Waals surface area contributed by atoms with Crippen molar-refractivity contribution in [2.45, 2.75) is 37.3 Å². The summed E-state index contributed by atoms with van der Waals surface area (Å²) in [6.07, 6.45) is -5.54. The quantitative estimate of drug-likeness (QED) is 0.248. The minimum absolute atomic E-state index is 0.0814. The molecule has 2 heterocycles. The summed E-state index contributed by atoms with van der Waals surface area (Å²) in [7, 11) is 0. The van der Waals surface area contributed by atoms with Crippen LogP contribution in [0.25, 0.3) is 0 Å². The molecule has 0 spiro atoms. The summed E-state index contributed by atoms with van der Waals surface area (Å²) < 4.78 is 15.7. The number of hydrogen-bond acceptors (Lipinski definition) is 9. The van der Waals surface area contributed by atoms with Crippen LogP contribution in [0.4, 0.5) is 0 Å². The van der Waals surface area contributed by atoms with Crippen molar-refractivity contribution in [3.8, 4) is 0 Å². The number of ether oxygens (including phenoxy) is 2. The van der Waals surface area contributed by atoms with E-state index in [1.807, 2.05) is 0 Å². The number of nitrogens with zero attached hydrogens (tertiary/aromatic N) is 1. The molecule has 9 heteroatoms. The molecule has 1 aromatic rings. The summed E-state index contributed by atoms with van der Waals surface area (Å²) >= 11 is 0. The lowest BCUT2D eigenvalue weighted by Gasteiger charge is -2.39. The van der Waals surface area contributed by atoms with Gasteiger partial charge in [0.1, 0.15) is 48.8 Å². The molecule has 0 radical (unpaired) electrons. The molecule has 0 aliphatic carbocycles. The number of aliphatic hydroxyl groups excluding tert-OH is 4. The fraction of sp³-hybridized carbons (Fsp3) is 0.583. The molecule has 1 fully saturated rings. The average molecular weight is 303 g/mol. The maximum atomic E-state index is 9.76. The van der Waals surface area contributed by atoms with E-state index in [0.29, 0.717) is 11.5 Å². The first kappa shape index (κ1) is 15.9. The van der Waals surface area contributed by atoms with Gasteiger partial charge in [-0.05, 0) is 12.1 Å². The van der Waals surface area contributed by atoms with E-state index in [-0.39, 0.29) is 6.61 Å². The van der Waals surface area contributed by atoms with Gasteiger partial charge < -0.3 is 39.5 Å². The third kappa shape index (κ3) is 3.59. The molecule has 5 atom stereocenters. The zero-order valence-corrected chi connectivity index (χ0v) is 10.9. The smallest absolute Gasteiger partial charge is 0.187 e. The fourth-order valence-electron chi connectivity index (χ4n) is 1.97. The van der Waals surface area contributed by atoms with E-state index in [1.165, 1.54) is 0 Å². The lowest BCUT2D eigenvalue weighted by Crippen LogP contribution is -2.59. The highest BCUT2D eigenvalue weighted by molar-refractivity contribution is 5.75. The number of hydrogen-bond donors (Lipinski definition) is 5. The van der Waals surface area contributed by atoms with Crippen molar-refractivity contribution in [1.82, 2.24) is 0 Å². The van der Waals surface area contributed by atoms with Crippen molar-refractivity contribution in [2.75, 3.05) is 6.61 Å². The van der Waals surface area contributed by atoms with Crippen molar-refractivity contribution in [3.05, 3.63) is 23.7 Å². The number of rotatable bonds is 5. The molecule has 0 amide bonds. The van der Waals surface area contributed by atoms with Gasteiger partial charge in [0.2, 0.25) is 0 Å². The second-order valence-electron chi connectivity index (χ2n) is 4.56. The maximum absolute atomic E-state index is 9.76. The second-order valence-corrected chi connectivity index (χ2v) is 4.56. The Bertz CT molecular complexity index is 474. The molecular formula is C12H17NO8. The van der Waals surface area contributed by atoms with Crippen molar-refractivity contribution in [2.24, 2.45) is 5.16 Å². The van der Waals surface area contributed by atoms with E-state index < -0.39 is 37.3 Å². The molecule has 0 unspecified atom stereocenters. The molecule has 1 aliphatic rings. The van der Waals surface area contributed by atoms with Crippen molar-refractivity contribution >= 4 is 6.21 Å². The third-order valence-electron chi connectivity index (χ3n) is 3.11. The van der Waals surface area contributed by atoms with Crippen LogP contribution in [-0.2, 0) is 16.1 Å². The van der Waals surface area contributed by atoms with Gasteiger partial charge in [0, 0.05) is 0 Å². The van der Waals surface area contributed by atoms with Crippen LogP contribution in [0.3, 0.4) is 0 Å². The monoisotopic (exact) mass is 303 g/mol. The largest absolute Gasteiger partial charge is 0.458 e. The van der Waals surface area contributed by atoms with Gasteiger partial charge in [-0.1, -0.05) is 5.16 Å². The topological polar surface area (TPSA) is 145 Å². The number of furan rings is 1. The van der Waals surface area contributed by atoms with Crippen LogP contribution in [0, 0.1) is 0 Å². The Labute approximate surface area is 119 Å². The molecule has 9 nitrogen and oxygen atoms in total. The highest BCUT2D eigenvalue weighted by Gasteiger charge is 2.44. The van der Waals surface area contributed by atoms with Crippen molar-refractivity contribution < 1.29 is 39.5 Å². The molecule has 0 bridgehead atoms. The molecule has 2 rings (SSSR count). The SMILES string of the molecule is OC[C@H]1O[C@@H](OCc2ccc(C=NO)o2)[C@H](O)[C@@H](O)[C@@H]1O. The minimum Gasteiger partial charge on any atom is -0.458 e. The Balaban J connectivity index is 1.94. The highest BCUT2D eigenvalue weighted by Crippen LogP contribution is 2.23. The Morgan fingerprint density at radius 3 is 2.62 bits per heavy atom. The van der Waals surface area contributed by atoms with Gasteiger partial charge in [-0.2, -0.15) is 0 Å². The normalized spacial score (nSPS) is 33.6. The van der Waals surface area contributed by atoms with Gasteiger partial charge in [-0.25, -0.2) is 0 Å². The minimum atomic E-state index is -1.49. The molecular weight excluding hydrogens is 286 g/mol. The molecule has 118 valence electrons.